The summed E-state index contributed by atoms with van der Waals surface area (Å²) in [6, 6.07) is -0.784. The fraction of sp³-hybridized carbons (Fsp3) is 0.867. The highest BCUT2D eigenvalue weighted by molar-refractivity contribution is 8.00. The van der Waals surface area contributed by atoms with Gasteiger partial charge in [-0.1, -0.05) is 27.7 Å². The highest BCUT2D eigenvalue weighted by atomic mass is 32.2. The number of nitrogens with zero attached hydrogens (tertiary/aromatic N) is 2. The Balaban J connectivity index is 2.91. The zero-order chi connectivity index (χ0) is 16.3. The van der Waals surface area contributed by atoms with E-state index in [9.17, 15) is 14.7 Å². The number of aliphatic carboxylic acids is 1. The van der Waals surface area contributed by atoms with Crippen molar-refractivity contribution in [3.8, 4) is 0 Å². The van der Waals surface area contributed by atoms with Gasteiger partial charge in [0.15, 0.2) is 0 Å². The lowest BCUT2D eigenvalue weighted by atomic mass is 10.0. The first-order chi connectivity index (χ1) is 9.66. The molecular formula is C15H28N2O3S. The molecule has 0 bridgehead atoms. The Morgan fingerprint density at radius 3 is 2.29 bits per heavy atom. The topological polar surface area (TPSA) is 60.9 Å². The molecule has 1 N–H and O–H groups in total. The van der Waals surface area contributed by atoms with Crippen LogP contribution in [0, 0.1) is 11.8 Å². The van der Waals surface area contributed by atoms with E-state index in [1.165, 1.54) is 0 Å². The number of rotatable bonds is 5. The van der Waals surface area contributed by atoms with Crippen molar-refractivity contribution >= 4 is 23.8 Å². The summed E-state index contributed by atoms with van der Waals surface area (Å²) in [7, 11) is 1.77. The molecular weight excluding hydrogens is 288 g/mol. The molecule has 1 aliphatic heterocycles. The van der Waals surface area contributed by atoms with Crippen LogP contribution in [0.2, 0.25) is 0 Å². The van der Waals surface area contributed by atoms with Gasteiger partial charge in [0.1, 0.15) is 6.04 Å². The molecule has 1 fully saturated rings. The highest BCUT2D eigenvalue weighted by Crippen LogP contribution is 2.35. The Bertz CT molecular complexity index is 387. The summed E-state index contributed by atoms with van der Waals surface area (Å²) < 4.78 is 0. The standard InChI is InChI=1S/C15H28N2O3S/c1-9(2)7-11(5)16(6)15(20)17-12(14(18)19)8-21-13(17)10(3)4/h9-13H,7-8H2,1-6H3,(H,18,19). The average molecular weight is 316 g/mol. The molecule has 3 atom stereocenters. The number of thioether (sulfide) groups is 1. The predicted octanol–water partition coefficient (Wildman–Crippen LogP) is 2.96. The van der Waals surface area contributed by atoms with E-state index >= 15 is 0 Å². The number of hydrogen-bond acceptors (Lipinski definition) is 3. The van der Waals surface area contributed by atoms with Crippen LogP contribution in [0.25, 0.3) is 0 Å². The van der Waals surface area contributed by atoms with Crippen LogP contribution >= 0.6 is 11.8 Å². The molecule has 1 heterocycles. The molecule has 0 aromatic heterocycles. The van der Waals surface area contributed by atoms with Gasteiger partial charge < -0.3 is 10.0 Å². The second-order valence-electron chi connectivity index (χ2n) is 6.60. The zero-order valence-electron chi connectivity index (χ0n) is 13.9. The molecule has 2 amide bonds. The normalized spacial score (nSPS) is 23.7. The van der Waals surface area contributed by atoms with Crippen molar-refractivity contribution < 1.29 is 14.7 Å². The first-order valence-corrected chi connectivity index (χ1v) is 8.61. The monoisotopic (exact) mass is 316 g/mol. The zero-order valence-corrected chi connectivity index (χ0v) is 14.7. The van der Waals surface area contributed by atoms with Crippen molar-refractivity contribution in [2.24, 2.45) is 11.8 Å². The molecule has 6 heteroatoms. The molecule has 0 aromatic carbocycles. The second-order valence-corrected chi connectivity index (χ2v) is 7.75. The average Bonchev–Trinajstić information content (AvgIpc) is 2.80. The smallest absolute Gasteiger partial charge is 0.327 e. The number of carbonyl (C=O) groups is 2. The van der Waals surface area contributed by atoms with E-state index in [-0.39, 0.29) is 23.4 Å². The first-order valence-electron chi connectivity index (χ1n) is 7.56. The number of carbonyl (C=O) groups excluding carboxylic acids is 1. The summed E-state index contributed by atoms with van der Waals surface area (Å²) in [5.41, 5.74) is 0. The molecule has 21 heavy (non-hydrogen) atoms. The number of hydrogen-bond donors (Lipinski definition) is 1. The van der Waals surface area contributed by atoms with E-state index in [4.69, 9.17) is 0 Å². The van der Waals surface area contributed by atoms with E-state index in [0.717, 1.165) is 6.42 Å². The fourth-order valence-corrected chi connectivity index (χ4v) is 4.15. The highest BCUT2D eigenvalue weighted by Gasteiger charge is 2.44. The summed E-state index contributed by atoms with van der Waals surface area (Å²) in [5, 5.41) is 9.31. The first kappa shape index (κ1) is 18.1. The molecule has 0 saturated carbocycles. The molecule has 0 aromatic rings. The molecule has 0 radical (unpaired) electrons. The Morgan fingerprint density at radius 2 is 1.86 bits per heavy atom. The van der Waals surface area contributed by atoms with Gasteiger partial charge in [0.05, 0.1) is 5.37 Å². The third kappa shape index (κ3) is 4.28. The lowest BCUT2D eigenvalue weighted by Crippen LogP contribution is -2.53. The molecule has 122 valence electrons. The van der Waals surface area contributed by atoms with Crippen molar-refractivity contribution in [1.82, 2.24) is 9.80 Å². The maximum absolute atomic E-state index is 12.8. The van der Waals surface area contributed by atoms with Gasteiger partial charge >= 0.3 is 12.0 Å². The van der Waals surface area contributed by atoms with E-state index in [1.807, 2.05) is 20.8 Å². The third-order valence-corrected chi connectivity index (χ3v) is 5.51. The largest absolute Gasteiger partial charge is 0.480 e. The maximum atomic E-state index is 12.8. The van der Waals surface area contributed by atoms with Crippen LogP contribution in [0.1, 0.15) is 41.0 Å². The van der Waals surface area contributed by atoms with Gasteiger partial charge in [-0.2, -0.15) is 0 Å². The minimum atomic E-state index is -0.913. The Kier molecular flexibility index (Phi) is 6.38. The van der Waals surface area contributed by atoms with Gasteiger partial charge in [-0.05, 0) is 25.2 Å². The molecule has 5 nitrogen and oxygen atoms in total. The summed E-state index contributed by atoms with van der Waals surface area (Å²) in [5.74, 6) is 0.288. The van der Waals surface area contributed by atoms with Crippen molar-refractivity contribution in [2.45, 2.75) is 58.5 Å². The summed E-state index contributed by atoms with van der Waals surface area (Å²) in [6.45, 7) is 10.3. The Morgan fingerprint density at radius 1 is 1.29 bits per heavy atom. The van der Waals surface area contributed by atoms with Crippen molar-refractivity contribution in [2.75, 3.05) is 12.8 Å². The van der Waals surface area contributed by atoms with Crippen LogP contribution in [0.5, 0.6) is 0 Å². The predicted molar refractivity (Wildman–Crippen MR) is 86.4 cm³/mol. The van der Waals surface area contributed by atoms with Crippen LogP contribution in [0.4, 0.5) is 4.79 Å². The van der Waals surface area contributed by atoms with E-state index in [0.29, 0.717) is 11.7 Å². The fourth-order valence-electron chi connectivity index (χ4n) is 2.68. The molecule has 1 rings (SSSR count). The van der Waals surface area contributed by atoms with Crippen LogP contribution in [-0.4, -0.2) is 57.2 Å². The van der Waals surface area contributed by atoms with Gasteiger partial charge in [-0.15, -0.1) is 11.8 Å². The van der Waals surface area contributed by atoms with Gasteiger partial charge in [0, 0.05) is 18.8 Å². The number of amides is 2. The minimum Gasteiger partial charge on any atom is -0.480 e. The number of carboxylic acid groups (broad SMARTS) is 1. The van der Waals surface area contributed by atoms with Crippen LogP contribution in [-0.2, 0) is 4.79 Å². The molecule has 3 unspecified atom stereocenters. The Labute approximate surface area is 132 Å². The molecule has 0 spiro atoms. The molecule has 1 aliphatic rings. The maximum Gasteiger partial charge on any atom is 0.327 e. The number of urea groups is 1. The van der Waals surface area contributed by atoms with Crippen molar-refractivity contribution in [1.29, 1.82) is 0 Å². The van der Waals surface area contributed by atoms with E-state index < -0.39 is 12.0 Å². The lowest BCUT2D eigenvalue weighted by molar-refractivity contribution is -0.141. The van der Waals surface area contributed by atoms with Crippen LogP contribution in [0.15, 0.2) is 0 Å². The second kappa shape index (κ2) is 7.38. The van der Waals surface area contributed by atoms with Gasteiger partial charge in [-0.3, -0.25) is 4.90 Å². The Hall–Kier alpha value is -0.910. The van der Waals surface area contributed by atoms with Crippen LogP contribution in [0.3, 0.4) is 0 Å². The van der Waals surface area contributed by atoms with Gasteiger partial charge in [0.25, 0.3) is 0 Å². The van der Waals surface area contributed by atoms with Crippen molar-refractivity contribution in [3.63, 3.8) is 0 Å². The summed E-state index contributed by atoms with van der Waals surface area (Å²) in [4.78, 5) is 27.5. The minimum absolute atomic E-state index is 0.0627. The quantitative estimate of drug-likeness (QED) is 0.847. The molecule has 0 aliphatic carbocycles. The molecule has 1 saturated heterocycles. The van der Waals surface area contributed by atoms with Gasteiger partial charge in [-0.25, -0.2) is 9.59 Å². The van der Waals surface area contributed by atoms with Crippen LogP contribution < -0.4 is 0 Å². The van der Waals surface area contributed by atoms with E-state index in [2.05, 4.69) is 13.8 Å². The van der Waals surface area contributed by atoms with E-state index in [1.54, 1.807) is 28.6 Å². The SMILES string of the molecule is CC(C)CC(C)N(C)C(=O)N1C(C(=O)O)CSC1C(C)C. The summed E-state index contributed by atoms with van der Waals surface area (Å²) >= 11 is 1.56. The van der Waals surface area contributed by atoms with Crippen molar-refractivity contribution in [3.05, 3.63) is 0 Å². The summed E-state index contributed by atoms with van der Waals surface area (Å²) in [6.07, 6.45) is 0.910. The third-order valence-electron chi connectivity index (χ3n) is 3.89. The lowest BCUT2D eigenvalue weighted by Gasteiger charge is -2.36. The number of carboxylic acids is 1. The van der Waals surface area contributed by atoms with Gasteiger partial charge in [0.2, 0.25) is 0 Å².